The third-order valence-electron chi connectivity index (χ3n) is 4.49. The fraction of sp³-hybridized carbons (Fsp3) is 0.182. The Bertz CT molecular complexity index is 973. The number of benzene rings is 2. The maximum absolute atomic E-state index is 13.2. The van der Waals surface area contributed by atoms with E-state index in [9.17, 15) is 9.59 Å². The summed E-state index contributed by atoms with van der Waals surface area (Å²) in [5, 5.41) is 2.87. The number of nitrogens with zero attached hydrogens (tertiary/aromatic N) is 3. The molecule has 1 aromatic heterocycles. The fourth-order valence-corrected chi connectivity index (χ4v) is 2.89. The Morgan fingerprint density at radius 3 is 2.31 bits per heavy atom. The van der Waals surface area contributed by atoms with Crippen LogP contribution in [0, 0.1) is 6.92 Å². The van der Waals surface area contributed by atoms with Crippen LogP contribution in [0.25, 0.3) is 0 Å². The summed E-state index contributed by atoms with van der Waals surface area (Å²) in [6.45, 7) is 1.96. The molecule has 2 aromatic carbocycles. The van der Waals surface area contributed by atoms with Gasteiger partial charge in [0, 0.05) is 25.1 Å². The van der Waals surface area contributed by atoms with Crippen LogP contribution in [0.3, 0.4) is 0 Å². The summed E-state index contributed by atoms with van der Waals surface area (Å²) in [6.07, 6.45) is 4.32. The molecule has 3 rings (SSSR count). The Balaban J connectivity index is 1.90. The van der Waals surface area contributed by atoms with E-state index in [1.165, 1.54) is 23.5 Å². The first-order valence-electron chi connectivity index (χ1n) is 9.04. The number of methoxy groups -OCH3 is 1. The lowest BCUT2D eigenvalue weighted by atomic mass is 10.0. The highest BCUT2D eigenvalue weighted by molar-refractivity contribution is 6.00. The van der Waals surface area contributed by atoms with Crippen LogP contribution in [0.15, 0.2) is 67.1 Å². The first-order valence-corrected chi connectivity index (χ1v) is 9.04. The third-order valence-corrected chi connectivity index (χ3v) is 4.49. The lowest BCUT2D eigenvalue weighted by molar-refractivity contribution is -0.120. The maximum atomic E-state index is 13.2. The Hall–Kier alpha value is -3.74. The Morgan fingerprint density at radius 1 is 1.03 bits per heavy atom. The first-order chi connectivity index (χ1) is 14.0. The van der Waals surface area contributed by atoms with Crippen LogP contribution in [0.1, 0.15) is 27.7 Å². The minimum atomic E-state index is -0.841. The van der Waals surface area contributed by atoms with Gasteiger partial charge in [-0.05, 0) is 36.8 Å². The molecular formula is C22H22N4O3. The average molecular weight is 390 g/mol. The van der Waals surface area contributed by atoms with Crippen molar-refractivity contribution in [1.82, 2.24) is 14.9 Å². The smallest absolute Gasteiger partial charge is 0.274 e. The number of aromatic nitrogens is 2. The standard InChI is InChI=1S/C22H22N4O3/c1-15-4-6-16(7-5-15)20(26(2)22(28)19-14-23-12-13-24-19)21(27)25-17-8-10-18(29-3)11-9-17/h4-14,20H,1-3H3,(H,25,27)/t20-/m1/s1. The largest absolute Gasteiger partial charge is 0.497 e. The minimum Gasteiger partial charge on any atom is -0.497 e. The van der Waals surface area contributed by atoms with Gasteiger partial charge in [-0.2, -0.15) is 0 Å². The predicted octanol–water partition coefficient (Wildman–Crippen LogP) is 3.25. The van der Waals surface area contributed by atoms with E-state index in [4.69, 9.17) is 4.74 Å². The number of rotatable bonds is 6. The van der Waals surface area contributed by atoms with Crippen LogP contribution in [-0.4, -0.2) is 40.8 Å². The maximum Gasteiger partial charge on any atom is 0.274 e. The van der Waals surface area contributed by atoms with Crippen molar-refractivity contribution in [3.8, 4) is 5.75 Å². The molecule has 0 aliphatic heterocycles. The van der Waals surface area contributed by atoms with E-state index in [-0.39, 0.29) is 11.6 Å². The van der Waals surface area contributed by atoms with Gasteiger partial charge in [0.25, 0.3) is 11.8 Å². The second kappa shape index (κ2) is 8.97. The summed E-state index contributed by atoms with van der Waals surface area (Å²) in [5.74, 6) is -0.0413. The summed E-state index contributed by atoms with van der Waals surface area (Å²) in [6, 6.07) is 13.7. The Kier molecular flexibility index (Phi) is 6.19. The van der Waals surface area contributed by atoms with Crippen LogP contribution < -0.4 is 10.1 Å². The van der Waals surface area contributed by atoms with Crippen molar-refractivity contribution in [3.05, 3.63) is 83.9 Å². The molecule has 7 heteroatoms. The molecule has 1 N–H and O–H groups in total. The molecular weight excluding hydrogens is 368 g/mol. The van der Waals surface area contributed by atoms with E-state index in [2.05, 4.69) is 15.3 Å². The van der Waals surface area contributed by atoms with E-state index in [0.29, 0.717) is 17.0 Å². The molecule has 3 aromatic rings. The zero-order valence-electron chi connectivity index (χ0n) is 16.5. The number of hydrogen-bond acceptors (Lipinski definition) is 5. The average Bonchev–Trinajstić information content (AvgIpc) is 2.76. The molecule has 148 valence electrons. The molecule has 29 heavy (non-hydrogen) atoms. The molecule has 0 fully saturated rings. The minimum absolute atomic E-state index is 0.171. The summed E-state index contributed by atoms with van der Waals surface area (Å²) < 4.78 is 5.14. The number of nitrogens with one attached hydrogen (secondary N) is 1. The van der Waals surface area contributed by atoms with Crippen molar-refractivity contribution >= 4 is 17.5 Å². The van der Waals surface area contributed by atoms with Gasteiger partial charge in [0.15, 0.2) is 0 Å². The highest BCUT2D eigenvalue weighted by atomic mass is 16.5. The number of amides is 2. The molecule has 0 bridgehead atoms. The third kappa shape index (κ3) is 4.76. The summed E-state index contributed by atoms with van der Waals surface area (Å²) in [5.41, 5.74) is 2.53. The molecule has 0 spiro atoms. The van der Waals surface area contributed by atoms with Crippen molar-refractivity contribution in [2.75, 3.05) is 19.5 Å². The van der Waals surface area contributed by atoms with E-state index in [1.54, 1.807) is 38.4 Å². The van der Waals surface area contributed by atoms with E-state index in [0.717, 1.165) is 5.56 Å². The van der Waals surface area contributed by atoms with Gasteiger partial charge >= 0.3 is 0 Å². The van der Waals surface area contributed by atoms with Crippen LogP contribution in [0.5, 0.6) is 5.75 Å². The highest BCUT2D eigenvalue weighted by Gasteiger charge is 2.30. The van der Waals surface area contributed by atoms with Crippen molar-refractivity contribution in [2.24, 2.45) is 0 Å². The fourth-order valence-electron chi connectivity index (χ4n) is 2.89. The van der Waals surface area contributed by atoms with E-state index < -0.39 is 11.9 Å². The molecule has 1 heterocycles. The second-order valence-corrected chi connectivity index (χ2v) is 6.54. The summed E-state index contributed by atoms with van der Waals surface area (Å²) >= 11 is 0. The monoisotopic (exact) mass is 390 g/mol. The quantitative estimate of drug-likeness (QED) is 0.698. The van der Waals surface area contributed by atoms with Crippen LogP contribution >= 0.6 is 0 Å². The number of ether oxygens (including phenoxy) is 1. The van der Waals surface area contributed by atoms with Gasteiger partial charge in [0.1, 0.15) is 17.5 Å². The van der Waals surface area contributed by atoms with Crippen molar-refractivity contribution in [3.63, 3.8) is 0 Å². The molecule has 7 nitrogen and oxygen atoms in total. The normalized spacial score (nSPS) is 11.4. The van der Waals surface area contributed by atoms with Gasteiger partial charge in [-0.15, -0.1) is 0 Å². The van der Waals surface area contributed by atoms with Gasteiger partial charge in [-0.3, -0.25) is 14.6 Å². The van der Waals surface area contributed by atoms with E-state index >= 15 is 0 Å². The number of hydrogen-bond donors (Lipinski definition) is 1. The van der Waals surface area contributed by atoms with Crippen LogP contribution in [-0.2, 0) is 4.79 Å². The number of anilines is 1. The molecule has 2 amide bonds. The second-order valence-electron chi connectivity index (χ2n) is 6.54. The molecule has 0 aliphatic carbocycles. The van der Waals surface area contributed by atoms with Crippen molar-refractivity contribution < 1.29 is 14.3 Å². The highest BCUT2D eigenvalue weighted by Crippen LogP contribution is 2.24. The number of carbonyl (C=O) groups excluding carboxylic acids is 2. The van der Waals surface area contributed by atoms with Gasteiger partial charge in [0.05, 0.1) is 13.3 Å². The van der Waals surface area contributed by atoms with Gasteiger partial charge in [-0.1, -0.05) is 29.8 Å². The molecule has 0 saturated carbocycles. The topological polar surface area (TPSA) is 84.4 Å². The zero-order chi connectivity index (χ0) is 20.8. The molecule has 0 aliphatic rings. The molecule has 0 unspecified atom stereocenters. The zero-order valence-corrected chi connectivity index (χ0v) is 16.5. The Labute approximate surface area is 169 Å². The Morgan fingerprint density at radius 2 is 1.72 bits per heavy atom. The summed E-state index contributed by atoms with van der Waals surface area (Å²) in [4.78, 5) is 35.4. The predicted molar refractivity (Wildman–Crippen MR) is 110 cm³/mol. The van der Waals surface area contributed by atoms with Crippen LogP contribution in [0.4, 0.5) is 5.69 Å². The molecule has 1 atom stereocenters. The lowest BCUT2D eigenvalue weighted by Crippen LogP contribution is -2.39. The van der Waals surface area contributed by atoms with Gasteiger partial charge < -0.3 is 15.0 Å². The lowest BCUT2D eigenvalue weighted by Gasteiger charge is -2.27. The van der Waals surface area contributed by atoms with Crippen molar-refractivity contribution in [1.29, 1.82) is 0 Å². The van der Waals surface area contributed by atoms with Crippen LogP contribution in [0.2, 0.25) is 0 Å². The van der Waals surface area contributed by atoms with E-state index in [1.807, 2.05) is 31.2 Å². The summed E-state index contributed by atoms with van der Waals surface area (Å²) in [7, 11) is 3.16. The van der Waals surface area contributed by atoms with Gasteiger partial charge in [0.2, 0.25) is 0 Å². The SMILES string of the molecule is COc1ccc(NC(=O)[C@@H](c2ccc(C)cc2)N(C)C(=O)c2cnccn2)cc1. The number of carbonyl (C=O) groups is 2. The molecule has 0 saturated heterocycles. The number of likely N-dealkylation sites (N-methyl/N-ethyl adjacent to an activating group) is 1. The number of aryl methyl sites for hydroxylation is 1. The van der Waals surface area contributed by atoms with Gasteiger partial charge in [-0.25, -0.2) is 4.98 Å². The first kappa shape index (κ1) is 20.0. The molecule has 0 radical (unpaired) electrons. The van der Waals surface area contributed by atoms with Crippen molar-refractivity contribution in [2.45, 2.75) is 13.0 Å².